The first kappa shape index (κ1) is 87.9. The number of hydrogen-bond acceptors (Lipinski definition) is 6. The Morgan fingerprint density at radius 3 is 0.613 bits per heavy atom. The Morgan fingerprint density at radius 2 is 0.419 bits per heavy atom. The number of benzene rings is 4. The molecule has 0 aliphatic rings. The Labute approximate surface area is 616 Å². The van der Waals surface area contributed by atoms with Crippen LogP contribution in [0, 0.1) is 0 Å². The summed E-state index contributed by atoms with van der Waals surface area (Å²) in [4.78, 5) is 0.0328. The molecule has 0 unspecified atom stereocenters. The second-order valence-electron chi connectivity index (χ2n) is 28.5. The first-order chi connectivity index (χ1) is 44.9. The van der Waals surface area contributed by atoms with Crippen LogP contribution in [0.1, 0.15) is 410 Å². The van der Waals surface area contributed by atoms with Gasteiger partial charge in [-0.1, -0.05) is 422 Å². The van der Waals surface area contributed by atoms with Crippen LogP contribution in [0.2, 0.25) is 0 Å². The van der Waals surface area contributed by atoms with Crippen LogP contribution < -0.4 is 0 Å². The minimum Gasteiger partial charge on any atom is -0.744 e. The second kappa shape index (κ2) is 59.6. The first-order valence-corrected chi connectivity index (χ1v) is 42.8. The van der Waals surface area contributed by atoms with E-state index in [1.54, 1.807) is 0 Å². The quantitative estimate of drug-likeness (QED) is 0.0247. The zero-order valence-corrected chi connectivity index (χ0v) is 67.2. The van der Waals surface area contributed by atoms with E-state index in [4.69, 9.17) is 0 Å². The van der Waals surface area contributed by atoms with Gasteiger partial charge in [-0.05, 0) is 95.2 Å². The summed E-state index contributed by atoms with van der Waals surface area (Å²) >= 11 is 0. The Hall–Kier alpha value is -1.21. The molecule has 0 saturated heterocycles. The van der Waals surface area contributed by atoms with E-state index in [9.17, 15) is 25.9 Å². The van der Waals surface area contributed by atoms with E-state index >= 15 is 0 Å². The molecule has 4 rings (SSSR count). The van der Waals surface area contributed by atoms with Crippen molar-refractivity contribution in [2.75, 3.05) is 0 Å². The van der Waals surface area contributed by atoms with Crippen molar-refractivity contribution >= 4 is 90.7 Å². The molecule has 0 saturated carbocycles. The SMILES string of the molecule is CCCCCCCCCCCCCCCCc1ccc2c(S(=O)(=O)[O-])c(CCCCCCCCCCCCCCCC)ccc2c1.CCCCCCCCCCCCCCCCc1ccc2c(S(=O)(=O)[O-])c(CCCCCCCCCCCCCCCC)ccc2c1.[Ba+2]. The molecule has 0 fully saturated rings. The first-order valence-electron chi connectivity index (χ1n) is 39.9. The van der Waals surface area contributed by atoms with Gasteiger partial charge in [0.2, 0.25) is 0 Å². The molecule has 0 spiro atoms. The van der Waals surface area contributed by atoms with Gasteiger partial charge in [-0.25, -0.2) is 16.8 Å². The van der Waals surface area contributed by atoms with Crippen LogP contribution in [0.15, 0.2) is 70.5 Å². The van der Waals surface area contributed by atoms with Gasteiger partial charge in [0.05, 0.1) is 9.79 Å². The number of rotatable bonds is 62. The van der Waals surface area contributed by atoms with E-state index in [1.807, 2.05) is 48.5 Å². The van der Waals surface area contributed by atoms with Crippen molar-refractivity contribution in [2.24, 2.45) is 0 Å². The van der Waals surface area contributed by atoms with Gasteiger partial charge in [-0.15, -0.1) is 0 Å². The Balaban J connectivity index is 0.000000627. The zero-order valence-electron chi connectivity index (χ0n) is 61.2. The van der Waals surface area contributed by atoms with E-state index in [0.29, 0.717) is 34.7 Å². The summed E-state index contributed by atoms with van der Waals surface area (Å²) in [5, 5.41) is 2.95. The Morgan fingerprint density at radius 1 is 0.237 bits per heavy atom. The van der Waals surface area contributed by atoms with Gasteiger partial charge < -0.3 is 9.11 Å². The summed E-state index contributed by atoms with van der Waals surface area (Å²) in [6.45, 7) is 9.10. The Kier molecular flexibility index (Phi) is 56.4. The molecule has 6 nitrogen and oxygen atoms in total. The van der Waals surface area contributed by atoms with Crippen molar-refractivity contribution in [1.29, 1.82) is 0 Å². The van der Waals surface area contributed by atoms with Gasteiger partial charge in [0.25, 0.3) is 0 Å². The Bertz CT molecular complexity index is 2430. The van der Waals surface area contributed by atoms with E-state index in [0.717, 1.165) is 62.1 Å². The smallest absolute Gasteiger partial charge is 0.744 e. The third-order valence-electron chi connectivity index (χ3n) is 20.0. The van der Waals surface area contributed by atoms with E-state index in [2.05, 4.69) is 39.8 Å². The van der Waals surface area contributed by atoms with Crippen molar-refractivity contribution in [3.63, 3.8) is 0 Å². The van der Waals surface area contributed by atoms with Crippen LogP contribution in [0.5, 0.6) is 0 Å². The summed E-state index contributed by atoms with van der Waals surface area (Å²) in [5.41, 5.74) is 3.86. The van der Waals surface area contributed by atoms with Crippen molar-refractivity contribution in [3.8, 4) is 0 Å². The molecule has 0 aliphatic carbocycles. The monoisotopic (exact) mass is 1450 g/mol. The third-order valence-corrected chi connectivity index (χ3v) is 21.9. The molecule has 0 atom stereocenters. The van der Waals surface area contributed by atoms with Crippen LogP contribution in [0.3, 0.4) is 0 Å². The average Bonchev–Trinajstić information content (AvgIpc) is 0.937. The van der Waals surface area contributed by atoms with Crippen LogP contribution in [-0.4, -0.2) is 74.8 Å². The molecule has 0 radical (unpaired) electrons. The largest absolute Gasteiger partial charge is 2.00 e. The molecule has 528 valence electrons. The van der Waals surface area contributed by atoms with Gasteiger partial charge in [-0.3, -0.25) is 0 Å². The topological polar surface area (TPSA) is 114 Å². The van der Waals surface area contributed by atoms with Crippen LogP contribution in [0.25, 0.3) is 21.5 Å². The number of unbranched alkanes of at least 4 members (excludes halogenated alkanes) is 52. The molecule has 0 amide bonds. The van der Waals surface area contributed by atoms with Crippen molar-refractivity contribution < 1.29 is 25.9 Å². The van der Waals surface area contributed by atoms with Crippen LogP contribution in [0.4, 0.5) is 0 Å². The average molecular weight is 1450 g/mol. The third kappa shape index (κ3) is 44.5. The number of aryl methyl sites for hydroxylation is 4. The van der Waals surface area contributed by atoms with Gasteiger partial charge in [0.15, 0.2) is 0 Å². The fourth-order valence-corrected chi connectivity index (χ4v) is 16.0. The molecule has 0 aromatic heterocycles. The number of fused-ring (bicyclic) bond motifs is 2. The molecule has 9 heteroatoms. The van der Waals surface area contributed by atoms with Gasteiger partial charge in [0, 0.05) is 0 Å². The molecular weight excluding hydrogens is 1310 g/mol. The summed E-state index contributed by atoms with van der Waals surface area (Å²) in [6.07, 6.45) is 77.6. The molecule has 0 aliphatic heterocycles. The van der Waals surface area contributed by atoms with Crippen molar-refractivity contribution in [1.82, 2.24) is 0 Å². The predicted molar refractivity (Wildman–Crippen MR) is 406 cm³/mol. The molecule has 4 aromatic rings. The summed E-state index contributed by atoms with van der Waals surface area (Å²) in [6, 6.07) is 19.9. The minimum absolute atomic E-state index is 0. The maximum Gasteiger partial charge on any atom is 2.00 e. The molecule has 0 bridgehead atoms. The van der Waals surface area contributed by atoms with Gasteiger partial charge in [0.1, 0.15) is 20.2 Å². The molecule has 0 N–H and O–H groups in total. The van der Waals surface area contributed by atoms with Gasteiger partial charge >= 0.3 is 48.9 Å². The van der Waals surface area contributed by atoms with E-state index < -0.39 is 20.2 Å². The zero-order chi connectivity index (χ0) is 66.3. The summed E-state index contributed by atoms with van der Waals surface area (Å²) < 4.78 is 74.2. The van der Waals surface area contributed by atoms with Crippen LogP contribution in [-0.2, 0) is 45.9 Å². The molecule has 4 aromatic carbocycles. The minimum atomic E-state index is -4.53. The number of hydrogen-bond donors (Lipinski definition) is 0. The maximum atomic E-state index is 12.4. The van der Waals surface area contributed by atoms with Crippen molar-refractivity contribution in [3.05, 3.63) is 82.9 Å². The standard InChI is InChI=1S/2C42H72O3S.Ba/c2*1-3-5-7-9-11-13-15-17-19-21-23-25-27-29-31-38-33-36-41-40(37-38)35-34-39(42(41)46(43,44)45)32-30-28-26-24-22-20-18-16-14-12-10-8-6-4-2;/h2*33-37H,3-32H2,1-2H3,(H,43,44,45);/q;;+2/p-2. The van der Waals surface area contributed by atoms with Crippen molar-refractivity contribution in [2.45, 2.75) is 423 Å². The summed E-state index contributed by atoms with van der Waals surface area (Å²) in [5.74, 6) is 0. The molecule has 0 heterocycles. The second-order valence-corrected chi connectivity index (χ2v) is 31.1. The van der Waals surface area contributed by atoms with Crippen LogP contribution >= 0.6 is 0 Å². The summed E-state index contributed by atoms with van der Waals surface area (Å²) in [7, 11) is -9.07. The maximum absolute atomic E-state index is 12.4. The molecule has 93 heavy (non-hydrogen) atoms. The molecular formula is C84H142BaO6S2. The predicted octanol–water partition coefficient (Wildman–Crippen LogP) is 27.2. The fraction of sp³-hybridized carbons (Fsp3) is 0.762. The van der Waals surface area contributed by atoms with E-state index in [1.165, 1.54) is 332 Å². The fourth-order valence-electron chi connectivity index (χ4n) is 14.2. The van der Waals surface area contributed by atoms with Gasteiger partial charge in [-0.2, -0.15) is 0 Å². The normalized spacial score (nSPS) is 11.8. The van der Waals surface area contributed by atoms with E-state index in [-0.39, 0.29) is 58.7 Å².